The molecule has 0 amide bonds. The monoisotopic (exact) mass is 975 g/mol. The molecule has 0 fully saturated rings. The topological polar surface area (TPSA) is 60.9 Å². The molecule has 0 aliphatic carbocycles. The maximum Gasteiger partial charge on any atom is 0.193 e. The van der Waals surface area contributed by atoms with E-state index in [1.807, 2.05) is 127 Å². The summed E-state index contributed by atoms with van der Waals surface area (Å²) in [5, 5.41) is 0. The summed E-state index contributed by atoms with van der Waals surface area (Å²) < 4.78 is 0. The van der Waals surface area contributed by atoms with Gasteiger partial charge in [0.1, 0.15) is 0 Å². The summed E-state index contributed by atoms with van der Waals surface area (Å²) in [4.78, 5) is 52.2. The van der Waals surface area contributed by atoms with Gasteiger partial charge in [0.15, 0.2) is 17.3 Å². The molecule has 0 atom stereocenters. The Morgan fingerprint density at radius 2 is 0.427 bits per heavy atom. The molecular weight excluding hydrogens is 919 g/mol. The highest BCUT2D eigenvalue weighted by atomic mass is 16.1. The normalized spacial score (nSPS) is 11.0. The van der Waals surface area contributed by atoms with Crippen molar-refractivity contribution in [2.45, 2.75) is 41.5 Å². The van der Waals surface area contributed by atoms with E-state index in [4.69, 9.17) is 0 Å². The van der Waals surface area contributed by atoms with Gasteiger partial charge >= 0.3 is 0 Å². The number of aryl methyl sites for hydroxylation is 6. The summed E-state index contributed by atoms with van der Waals surface area (Å²) in [6.07, 6.45) is 0. The Morgan fingerprint density at radius 1 is 0.227 bits per heavy atom. The number of ketones is 3. The first-order valence-corrected chi connectivity index (χ1v) is 25.3. The average Bonchev–Trinajstić information content (AvgIpc) is 3.44. The van der Waals surface area contributed by atoms with E-state index >= 15 is 14.4 Å². The maximum absolute atomic E-state index is 15.2. The van der Waals surface area contributed by atoms with Crippen LogP contribution < -0.4 is 14.7 Å². The molecule has 0 heterocycles. The van der Waals surface area contributed by atoms with Crippen LogP contribution in [0.15, 0.2) is 237 Å². The Morgan fingerprint density at radius 3 is 0.627 bits per heavy atom. The van der Waals surface area contributed by atoms with Gasteiger partial charge in [-0.2, -0.15) is 0 Å². The van der Waals surface area contributed by atoms with Crippen LogP contribution in [-0.4, -0.2) is 17.3 Å². The van der Waals surface area contributed by atoms with E-state index in [1.54, 1.807) is 36.4 Å². The van der Waals surface area contributed by atoms with Crippen LogP contribution >= 0.6 is 0 Å². The molecule has 6 heteroatoms. The SMILES string of the molecule is Cc1ccccc1N(c1cccc(C(=O)c2cc(C(=O)c3cccc(N(c4ccccc4C)c4ccccc4C)c3)cc(C(=O)c3cccc(N(c4ccccc4C)c4ccccc4C)c3)c2)c1)c1ccccc1C. The van der Waals surface area contributed by atoms with Crippen LogP contribution in [0.1, 0.15) is 81.1 Å². The third kappa shape index (κ3) is 10.1. The molecule has 0 radical (unpaired) electrons. The highest BCUT2D eigenvalue weighted by Crippen LogP contribution is 2.42. The summed E-state index contributed by atoms with van der Waals surface area (Å²) in [5.41, 5.74) is 16.6. The minimum absolute atomic E-state index is 0.217. The van der Waals surface area contributed by atoms with Crippen molar-refractivity contribution in [1.29, 1.82) is 0 Å². The predicted octanol–water partition coefficient (Wildman–Crippen LogP) is 17.6. The van der Waals surface area contributed by atoms with Crippen molar-refractivity contribution in [2.24, 2.45) is 0 Å². The number of benzene rings is 10. The molecule has 366 valence electrons. The van der Waals surface area contributed by atoms with E-state index in [2.05, 4.69) is 129 Å². The number of hydrogen-bond acceptors (Lipinski definition) is 6. The number of para-hydroxylation sites is 6. The standard InChI is InChI=1S/C69H57N3O3/c1-46-22-7-13-34-61(46)70(62-35-14-8-23-47(62)2)58-31-19-28-52(43-58)67(73)55-40-56(68(74)53-29-20-32-59(44-53)71(63-36-15-9-24-48(63)3)64-37-16-10-25-49(64)4)42-57(41-55)69(75)54-30-21-33-60(45-54)72(65-38-17-11-26-50(65)5)66-39-18-12-27-51(66)6/h7-45H,1-6H3. The zero-order valence-corrected chi connectivity index (χ0v) is 43.1. The number of hydrogen-bond donors (Lipinski definition) is 0. The largest absolute Gasteiger partial charge is 0.310 e. The van der Waals surface area contributed by atoms with Gasteiger partial charge in [-0.3, -0.25) is 14.4 Å². The van der Waals surface area contributed by atoms with Gasteiger partial charge in [-0.05, 0) is 166 Å². The Kier molecular flexibility index (Phi) is 14.0. The van der Waals surface area contributed by atoms with Crippen LogP contribution in [0.2, 0.25) is 0 Å². The fraction of sp³-hybridized carbons (Fsp3) is 0.0870. The van der Waals surface area contributed by atoms with E-state index in [1.165, 1.54) is 0 Å². The van der Waals surface area contributed by atoms with Crippen molar-refractivity contribution < 1.29 is 14.4 Å². The molecule has 0 N–H and O–H groups in total. The highest BCUT2D eigenvalue weighted by molar-refractivity contribution is 6.18. The molecule has 0 aliphatic heterocycles. The van der Waals surface area contributed by atoms with Crippen molar-refractivity contribution in [3.8, 4) is 0 Å². The second-order valence-corrected chi connectivity index (χ2v) is 19.2. The predicted molar refractivity (Wildman–Crippen MR) is 309 cm³/mol. The van der Waals surface area contributed by atoms with Gasteiger partial charge in [0, 0.05) is 84.6 Å². The Labute approximate surface area is 440 Å². The van der Waals surface area contributed by atoms with Crippen LogP contribution in [0.3, 0.4) is 0 Å². The van der Waals surface area contributed by atoms with Gasteiger partial charge in [-0.25, -0.2) is 0 Å². The van der Waals surface area contributed by atoms with Crippen LogP contribution in [0.4, 0.5) is 51.2 Å². The van der Waals surface area contributed by atoms with Gasteiger partial charge in [0.2, 0.25) is 0 Å². The van der Waals surface area contributed by atoms with Crippen LogP contribution in [0.5, 0.6) is 0 Å². The summed E-state index contributed by atoms with van der Waals surface area (Å²) in [6, 6.07) is 76.7. The van der Waals surface area contributed by atoms with E-state index in [9.17, 15) is 0 Å². The summed E-state index contributed by atoms with van der Waals surface area (Å²) >= 11 is 0. The first-order chi connectivity index (χ1) is 36.4. The van der Waals surface area contributed by atoms with Crippen molar-refractivity contribution in [3.63, 3.8) is 0 Å². The zero-order valence-electron chi connectivity index (χ0n) is 43.1. The molecule has 0 unspecified atom stereocenters. The smallest absolute Gasteiger partial charge is 0.193 e. The van der Waals surface area contributed by atoms with Crippen molar-refractivity contribution in [1.82, 2.24) is 0 Å². The van der Waals surface area contributed by atoms with Gasteiger partial charge in [0.05, 0.1) is 0 Å². The molecule has 6 nitrogen and oxygen atoms in total. The van der Waals surface area contributed by atoms with E-state index < -0.39 is 0 Å². The van der Waals surface area contributed by atoms with Gasteiger partial charge in [-0.15, -0.1) is 0 Å². The molecule has 0 saturated carbocycles. The van der Waals surface area contributed by atoms with Crippen LogP contribution in [-0.2, 0) is 0 Å². The van der Waals surface area contributed by atoms with Gasteiger partial charge in [0.25, 0.3) is 0 Å². The van der Waals surface area contributed by atoms with Crippen molar-refractivity contribution >= 4 is 68.5 Å². The lowest BCUT2D eigenvalue weighted by Gasteiger charge is -2.29. The second kappa shape index (κ2) is 21.4. The fourth-order valence-electron chi connectivity index (χ4n) is 9.99. The van der Waals surface area contributed by atoms with E-state index in [0.717, 1.165) is 84.6 Å². The summed E-state index contributed by atoms with van der Waals surface area (Å²) in [6.45, 7) is 12.5. The van der Waals surface area contributed by atoms with Crippen LogP contribution in [0.25, 0.3) is 0 Å². The Bertz CT molecular complexity index is 3260. The number of carbonyl (C=O) groups excluding carboxylic acids is 3. The molecule has 10 aromatic rings. The number of anilines is 9. The third-order valence-corrected chi connectivity index (χ3v) is 14.0. The first kappa shape index (κ1) is 49.2. The molecule has 10 aromatic carbocycles. The minimum atomic E-state index is -0.326. The molecule has 10 rings (SSSR count). The molecule has 0 aliphatic rings. The summed E-state index contributed by atoms with van der Waals surface area (Å²) in [7, 11) is 0. The van der Waals surface area contributed by atoms with Crippen LogP contribution in [0, 0.1) is 41.5 Å². The van der Waals surface area contributed by atoms with Gasteiger partial charge in [-0.1, -0.05) is 146 Å². The Hall–Kier alpha value is -9.39. The first-order valence-electron chi connectivity index (χ1n) is 25.3. The van der Waals surface area contributed by atoms with Gasteiger partial charge < -0.3 is 14.7 Å². The quantitative estimate of drug-likeness (QED) is 0.0954. The highest BCUT2D eigenvalue weighted by Gasteiger charge is 2.25. The molecule has 0 bridgehead atoms. The van der Waals surface area contributed by atoms with E-state index in [-0.39, 0.29) is 34.0 Å². The minimum Gasteiger partial charge on any atom is -0.310 e. The van der Waals surface area contributed by atoms with E-state index in [0.29, 0.717) is 16.7 Å². The van der Waals surface area contributed by atoms with Crippen molar-refractivity contribution in [3.05, 3.63) is 303 Å². The number of nitrogens with zero attached hydrogens (tertiary/aromatic N) is 3. The maximum atomic E-state index is 15.2. The molecule has 0 spiro atoms. The molecular formula is C69H57N3O3. The summed E-state index contributed by atoms with van der Waals surface area (Å²) in [5.74, 6) is -0.977. The fourth-order valence-corrected chi connectivity index (χ4v) is 9.99. The average molecular weight is 976 g/mol. The zero-order chi connectivity index (χ0) is 52.2. The lowest BCUT2D eigenvalue weighted by molar-refractivity contribution is 0.103. The second-order valence-electron chi connectivity index (χ2n) is 19.2. The lowest BCUT2D eigenvalue weighted by atomic mass is 9.91. The molecule has 0 saturated heterocycles. The Balaban J connectivity index is 1.10. The molecule has 0 aromatic heterocycles. The molecule has 75 heavy (non-hydrogen) atoms. The number of carbonyl (C=O) groups is 3. The lowest BCUT2D eigenvalue weighted by Crippen LogP contribution is -2.15. The van der Waals surface area contributed by atoms with Crippen molar-refractivity contribution in [2.75, 3.05) is 14.7 Å². The third-order valence-electron chi connectivity index (χ3n) is 14.0. The number of rotatable bonds is 15.